The molecule has 0 aromatic carbocycles. The molecule has 6 nitrogen and oxygen atoms in total. The van der Waals surface area contributed by atoms with Gasteiger partial charge in [0.2, 0.25) is 0 Å². The minimum Gasteiger partial charge on any atom is -0.462 e. The molecule has 0 saturated carbocycles. The molecule has 0 amide bonds. The Hall–Kier alpha value is -3.93. The minimum atomic E-state index is -0.800. The zero-order valence-corrected chi connectivity index (χ0v) is 53.3. The van der Waals surface area contributed by atoms with Gasteiger partial charge in [-0.05, 0) is 83.5 Å². The highest BCUT2D eigenvalue weighted by molar-refractivity contribution is 5.71. The van der Waals surface area contributed by atoms with Crippen LogP contribution in [-0.2, 0) is 28.6 Å². The lowest BCUT2D eigenvalue weighted by Crippen LogP contribution is -2.30. The number of rotatable bonds is 62. The molecule has 0 radical (unpaired) electrons. The molecule has 0 saturated heterocycles. The van der Waals surface area contributed by atoms with Crippen LogP contribution in [0.5, 0.6) is 0 Å². The average molecular weight is 1130 g/mol. The molecule has 1 atom stereocenters. The highest BCUT2D eigenvalue weighted by Crippen LogP contribution is 2.17. The molecule has 0 aromatic heterocycles. The molecule has 0 spiro atoms. The van der Waals surface area contributed by atoms with Crippen molar-refractivity contribution in [1.82, 2.24) is 0 Å². The standard InChI is InChI=1S/C75H128O6/c1-4-7-10-13-16-19-22-24-26-28-30-32-34-36-37-38-39-40-42-43-45-47-49-51-53-56-59-62-65-68-74(77)80-71-72(70-79-73(76)67-64-61-58-55-21-18-15-12-9-6-3)81-75(78)69-66-63-60-57-54-52-50-48-46-44-41-35-33-31-29-27-25-23-20-17-14-11-8-5-2/h7,10,16,19,24,26,30,32,36-37,39-40,43,45,49,51,56,59,72H,4-6,8-9,11-15,17-18,20-23,25,27-29,31,33-35,38,41-42,44,46-48,50,52-55,57-58,60-71H2,1-3H3/b10-7-,19-16-,26-24-,32-30-,37-36-,40-39-,45-43-,51-49-,59-56-. The fraction of sp³-hybridized carbons (Fsp3) is 0.720. The molecule has 0 aliphatic heterocycles. The predicted octanol–water partition coefficient (Wildman–Crippen LogP) is 23.8. The molecule has 0 aliphatic rings. The van der Waals surface area contributed by atoms with Crippen molar-refractivity contribution in [2.45, 2.75) is 335 Å². The smallest absolute Gasteiger partial charge is 0.306 e. The Morgan fingerprint density at radius 2 is 0.481 bits per heavy atom. The second kappa shape index (κ2) is 68.6. The van der Waals surface area contributed by atoms with Gasteiger partial charge in [-0.2, -0.15) is 0 Å². The predicted molar refractivity (Wildman–Crippen MR) is 353 cm³/mol. The van der Waals surface area contributed by atoms with Gasteiger partial charge in [-0.3, -0.25) is 14.4 Å². The van der Waals surface area contributed by atoms with Gasteiger partial charge in [0.05, 0.1) is 0 Å². The van der Waals surface area contributed by atoms with E-state index in [2.05, 4.69) is 130 Å². The molecular weight excluding hydrogens is 997 g/mol. The summed E-state index contributed by atoms with van der Waals surface area (Å²) >= 11 is 0. The van der Waals surface area contributed by atoms with Crippen LogP contribution < -0.4 is 0 Å². The quantitative estimate of drug-likeness (QED) is 0.0261. The van der Waals surface area contributed by atoms with Crippen molar-refractivity contribution in [1.29, 1.82) is 0 Å². The molecule has 81 heavy (non-hydrogen) atoms. The Balaban J connectivity index is 4.32. The number of ether oxygens (including phenoxy) is 3. The summed E-state index contributed by atoms with van der Waals surface area (Å²) in [5.74, 6) is -0.944. The first-order valence-corrected chi connectivity index (χ1v) is 34.4. The lowest BCUT2D eigenvalue weighted by atomic mass is 10.0. The van der Waals surface area contributed by atoms with Crippen molar-refractivity contribution < 1.29 is 28.6 Å². The fourth-order valence-corrected chi connectivity index (χ4v) is 9.68. The SMILES string of the molecule is CC/C=C\C/C=C\C/C=C\C/C=C\C/C=C\C/C=C\C/C=C\C/C=C\C/C=C\CCCC(=O)OCC(COC(=O)CCCCCCCCCCCC)OC(=O)CCCCCCCCCCCCCCCCCCCCCCCCCC. The van der Waals surface area contributed by atoms with Crippen LogP contribution >= 0.6 is 0 Å². The van der Waals surface area contributed by atoms with Gasteiger partial charge in [-0.15, -0.1) is 0 Å². The molecule has 1 unspecified atom stereocenters. The molecular formula is C75H128O6. The summed E-state index contributed by atoms with van der Waals surface area (Å²) in [6, 6.07) is 0. The lowest BCUT2D eigenvalue weighted by molar-refractivity contribution is -0.167. The van der Waals surface area contributed by atoms with Crippen molar-refractivity contribution in [2.24, 2.45) is 0 Å². The van der Waals surface area contributed by atoms with Gasteiger partial charge in [-0.25, -0.2) is 0 Å². The number of unbranched alkanes of at least 4 members (excludes halogenated alkanes) is 33. The summed E-state index contributed by atoms with van der Waals surface area (Å²) in [5.41, 5.74) is 0. The highest BCUT2D eigenvalue weighted by Gasteiger charge is 2.19. The lowest BCUT2D eigenvalue weighted by Gasteiger charge is -2.18. The van der Waals surface area contributed by atoms with E-state index in [-0.39, 0.29) is 37.5 Å². The maximum Gasteiger partial charge on any atom is 0.306 e. The number of esters is 3. The number of allylic oxidation sites excluding steroid dienone is 18. The average Bonchev–Trinajstić information content (AvgIpc) is 3.47. The van der Waals surface area contributed by atoms with Gasteiger partial charge in [0.1, 0.15) is 13.2 Å². The second-order valence-electron chi connectivity index (χ2n) is 22.7. The Kier molecular flexibility index (Phi) is 65.2. The van der Waals surface area contributed by atoms with E-state index < -0.39 is 6.10 Å². The van der Waals surface area contributed by atoms with E-state index in [1.165, 1.54) is 180 Å². The van der Waals surface area contributed by atoms with Crippen LogP contribution in [0.25, 0.3) is 0 Å². The molecule has 0 aromatic rings. The van der Waals surface area contributed by atoms with E-state index >= 15 is 0 Å². The van der Waals surface area contributed by atoms with Crippen molar-refractivity contribution >= 4 is 17.9 Å². The van der Waals surface area contributed by atoms with Gasteiger partial charge in [0, 0.05) is 19.3 Å². The van der Waals surface area contributed by atoms with Gasteiger partial charge < -0.3 is 14.2 Å². The number of hydrogen-bond donors (Lipinski definition) is 0. The largest absolute Gasteiger partial charge is 0.462 e. The third kappa shape index (κ3) is 66.8. The highest BCUT2D eigenvalue weighted by atomic mass is 16.6. The number of hydrogen-bond acceptors (Lipinski definition) is 6. The van der Waals surface area contributed by atoms with Gasteiger partial charge >= 0.3 is 17.9 Å². The second-order valence-corrected chi connectivity index (χ2v) is 22.7. The third-order valence-corrected chi connectivity index (χ3v) is 14.8. The zero-order chi connectivity index (χ0) is 58.5. The van der Waals surface area contributed by atoms with Gasteiger partial charge in [0.15, 0.2) is 6.10 Å². The first kappa shape index (κ1) is 77.1. The van der Waals surface area contributed by atoms with Crippen LogP contribution in [0.3, 0.4) is 0 Å². The van der Waals surface area contributed by atoms with Crippen LogP contribution in [-0.4, -0.2) is 37.2 Å². The van der Waals surface area contributed by atoms with Crippen LogP contribution in [0.1, 0.15) is 329 Å². The van der Waals surface area contributed by atoms with E-state index in [0.717, 1.165) is 103 Å². The van der Waals surface area contributed by atoms with E-state index in [1.807, 2.05) is 0 Å². The summed E-state index contributed by atoms with van der Waals surface area (Å²) in [4.78, 5) is 38.3. The Bertz CT molecular complexity index is 1620. The fourth-order valence-electron chi connectivity index (χ4n) is 9.68. The molecule has 464 valence electrons. The normalized spacial score (nSPS) is 12.8. The van der Waals surface area contributed by atoms with Crippen molar-refractivity contribution in [3.05, 3.63) is 109 Å². The molecule has 0 fully saturated rings. The van der Waals surface area contributed by atoms with Crippen LogP contribution in [0.4, 0.5) is 0 Å². The number of carbonyl (C=O) groups is 3. The van der Waals surface area contributed by atoms with Crippen LogP contribution in [0.2, 0.25) is 0 Å². The Labute approximate surface area is 501 Å². The van der Waals surface area contributed by atoms with E-state index in [1.54, 1.807) is 0 Å². The minimum absolute atomic E-state index is 0.0927. The van der Waals surface area contributed by atoms with Crippen LogP contribution in [0, 0.1) is 0 Å². The first-order valence-electron chi connectivity index (χ1n) is 34.4. The summed E-state index contributed by atoms with van der Waals surface area (Å²) in [7, 11) is 0. The Morgan fingerprint density at radius 1 is 0.259 bits per heavy atom. The molecule has 0 rings (SSSR count). The molecule has 0 bridgehead atoms. The van der Waals surface area contributed by atoms with E-state index in [0.29, 0.717) is 19.3 Å². The summed E-state index contributed by atoms with van der Waals surface area (Å²) in [6.07, 6.45) is 94.1. The summed E-state index contributed by atoms with van der Waals surface area (Å²) < 4.78 is 16.9. The topological polar surface area (TPSA) is 78.9 Å². The monoisotopic (exact) mass is 1120 g/mol. The van der Waals surface area contributed by atoms with Crippen LogP contribution in [0.15, 0.2) is 109 Å². The molecule has 0 heterocycles. The molecule has 6 heteroatoms. The third-order valence-electron chi connectivity index (χ3n) is 14.8. The Morgan fingerprint density at radius 3 is 0.753 bits per heavy atom. The molecule has 0 N–H and O–H groups in total. The molecule has 0 aliphatic carbocycles. The van der Waals surface area contributed by atoms with Crippen molar-refractivity contribution in [2.75, 3.05) is 13.2 Å². The summed E-state index contributed by atoms with van der Waals surface area (Å²) in [6.45, 7) is 6.50. The maximum atomic E-state index is 12.9. The first-order chi connectivity index (χ1) is 40.0. The van der Waals surface area contributed by atoms with Gasteiger partial charge in [-0.1, -0.05) is 336 Å². The maximum absolute atomic E-state index is 12.9. The van der Waals surface area contributed by atoms with Crippen molar-refractivity contribution in [3.8, 4) is 0 Å². The summed E-state index contributed by atoms with van der Waals surface area (Å²) in [5, 5.41) is 0. The van der Waals surface area contributed by atoms with E-state index in [4.69, 9.17) is 14.2 Å². The van der Waals surface area contributed by atoms with Crippen molar-refractivity contribution in [3.63, 3.8) is 0 Å². The number of carbonyl (C=O) groups excluding carboxylic acids is 3. The van der Waals surface area contributed by atoms with Gasteiger partial charge in [0.25, 0.3) is 0 Å². The zero-order valence-electron chi connectivity index (χ0n) is 53.3. The van der Waals surface area contributed by atoms with E-state index in [9.17, 15) is 14.4 Å².